The molecule has 0 aliphatic carbocycles. The summed E-state index contributed by atoms with van der Waals surface area (Å²) >= 11 is 5.90. The van der Waals surface area contributed by atoms with Crippen molar-refractivity contribution in [2.45, 2.75) is 12.5 Å². The van der Waals surface area contributed by atoms with Gasteiger partial charge in [-0.05, 0) is 49.0 Å². The van der Waals surface area contributed by atoms with Gasteiger partial charge in [0.25, 0.3) is 0 Å². The number of halogens is 1. The third kappa shape index (κ3) is 4.78. The third-order valence-corrected chi connectivity index (χ3v) is 4.04. The first-order chi connectivity index (χ1) is 12.3. The van der Waals surface area contributed by atoms with Crippen molar-refractivity contribution in [3.05, 3.63) is 77.7 Å². The maximum Gasteiger partial charge on any atom is 0.222 e. The summed E-state index contributed by atoms with van der Waals surface area (Å²) in [6.07, 6.45) is 2.51. The van der Waals surface area contributed by atoms with E-state index < -0.39 is 0 Å². The number of hydrogen-bond donors (Lipinski definition) is 1. The second kappa shape index (κ2) is 8.60. The Balaban J connectivity index is 1.84. The van der Waals surface area contributed by atoms with Gasteiger partial charge < -0.3 is 10.1 Å². The molecule has 0 fully saturated rings. The average molecular weight is 354 g/mol. The monoisotopic (exact) mass is 353 g/mol. The van der Waals surface area contributed by atoms with E-state index in [1.54, 1.807) is 6.20 Å². The Bertz CT molecular complexity index is 811. The lowest BCUT2D eigenvalue weighted by molar-refractivity contribution is 0.195. The van der Waals surface area contributed by atoms with Crippen LogP contribution in [0.5, 0.6) is 5.75 Å². The van der Waals surface area contributed by atoms with Crippen molar-refractivity contribution >= 4 is 11.6 Å². The molecule has 2 aromatic carbocycles. The molecule has 0 radical (unpaired) electrons. The highest BCUT2D eigenvalue weighted by molar-refractivity contribution is 6.28. The Morgan fingerprint density at radius 3 is 2.68 bits per heavy atom. The lowest BCUT2D eigenvalue weighted by Gasteiger charge is -2.20. The SMILES string of the molecule is CNCCC(Oc1cccc(-c2ccnc(Cl)n2)c1)c1ccccc1. The van der Waals surface area contributed by atoms with Crippen LogP contribution < -0.4 is 10.1 Å². The summed E-state index contributed by atoms with van der Waals surface area (Å²) in [4.78, 5) is 8.19. The van der Waals surface area contributed by atoms with Gasteiger partial charge in [-0.1, -0.05) is 42.5 Å². The number of nitrogens with zero attached hydrogens (tertiary/aromatic N) is 2. The van der Waals surface area contributed by atoms with Crippen LogP contribution in [0, 0.1) is 0 Å². The zero-order chi connectivity index (χ0) is 17.5. The van der Waals surface area contributed by atoms with Gasteiger partial charge in [-0.3, -0.25) is 0 Å². The molecule has 0 amide bonds. The zero-order valence-corrected chi connectivity index (χ0v) is 14.8. The quantitative estimate of drug-likeness (QED) is 0.634. The molecule has 1 N–H and O–H groups in total. The maximum atomic E-state index is 6.28. The first-order valence-corrected chi connectivity index (χ1v) is 8.59. The zero-order valence-electron chi connectivity index (χ0n) is 14.0. The molecule has 0 bridgehead atoms. The fraction of sp³-hybridized carbons (Fsp3) is 0.200. The number of ether oxygens (including phenoxy) is 1. The topological polar surface area (TPSA) is 47.0 Å². The van der Waals surface area contributed by atoms with E-state index in [0.717, 1.165) is 35.5 Å². The average Bonchev–Trinajstić information content (AvgIpc) is 2.66. The van der Waals surface area contributed by atoms with Crippen LogP contribution in [0.25, 0.3) is 11.3 Å². The summed E-state index contributed by atoms with van der Waals surface area (Å²) in [5.41, 5.74) is 2.88. The predicted molar refractivity (Wildman–Crippen MR) is 101 cm³/mol. The lowest BCUT2D eigenvalue weighted by atomic mass is 10.1. The summed E-state index contributed by atoms with van der Waals surface area (Å²) in [5, 5.41) is 3.42. The minimum atomic E-state index is -0.0158. The Morgan fingerprint density at radius 2 is 1.92 bits per heavy atom. The fourth-order valence-electron chi connectivity index (χ4n) is 2.63. The summed E-state index contributed by atoms with van der Waals surface area (Å²) in [6, 6.07) is 20.0. The third-order valence-electron chi connectivity index (χ3n) is 3.86. The van der Waals surface area contributed by atoms with E-state index in [4.69, 9.17) is 16.3 Å². The normalized spacial score (nSPS) is 11.9. The van der Waals surface area contributed by atoms with Gasteiger partial charge in [0.15, 0.2) is 0 Å². The lowest BCUT2D eigenvalue weighted by Crippen LogP contribution is -2.16. The van der Waals surface area contributed by atoms with Crippen molar-refractivity contribution in [2.75, 3.05) is 13.6 Å². The van der Waals surface area contributed by atoms with Crippen LogP contribution in [0.2, 0.25) is 5.28 Å². The minimum absolute atomic E-state index is 0.0158. The van der Waals surface area contributed by atoms with Crippen LogP contribution in [0.3, 0.4) is 0 Å². The molecule has 0 aliphatic rings. The molecule has 1 unspecified atom stereocenters. The van der Waals surface area contributed by atoms with E-state index in [9.17, 15) is 0 Å². The van der Waals surface area contributed by atoms with E-state index in [1.807, 2.05) is 55.6 Å². The Kier molecular flexibility index (Phi) is 5.99. The Hall–Kier alpha value is -2.43. The number of rotatable bonds is 7. The van der Waals surface area contributed by atoms with Crippen molar-refractivity contribution in [2.24, 2.45) is 0 Å². The molecule has 4 nitrogen and oxygen atoms in total. The Labute approximate surface area is 152 Å². The molecule has 0 saturated heterocycles. The first-order valence-electron chi connectivity index (χ1n) is 8.21. The molecule has 5 heteroatoms. The van der Waals surface area contributed by atoms with Crippen molar-refractivity contribution in [3.63, 3.8) is 0 Å². The largest absolute Gasteiger partial charge is 0.486 e. The molecule has 1 aromatic heterocycles. The van der Waals surface area contributed by atoms with Crippen LogP contribution >= 0.6 is 11.6 Å². The van der Waals surface area contributed by atoms with Gasteiger partial charge >= 0.3 is 0 Å². The van der Waals surface area contributed by atoms with Gasteiger partial charge in [0.05, 0.1) is 5.69 Å². The second-order valence-electron chi connectivity index (χ2n) is 5.65. The van der Waals surface area contributed by atoms with Gasteiger partial charge in [-0.15, -0.1) is 0 Å². The van der Waals surface area contributed by atoms with Gasteiger partial charge in [-0.25, -0.2) is 9.97 Å². The maximum absolute atomic E-state index is 6.28. The summed E-state index contributed by atoms with van der Waals surface area (Å²) in [5.74, 6) is 0.803. The van der Waals surface area contributed by atoms with Gasteiger partial charge in [0.1, 0.15) is 11.9 Å². The van der Waals surface area contributed by atoms with Gasteiger partial charge in [0, 0.05) is 18.2 Å². The fourth-order valence-corrected chi connectivity index (χ4v) is 2.77. The van der Waals surface area contributed by atoms with Crippen LogP contribution in [0.15, 0.2) is 66.9 Å². The number of hydrogen-bond acceptors (Lipinski definition) is 4. The molecule has 0 saturated carbocycles. The highest BCUT2D eigenvalue weighted by Gasteiger charge is 2.13. The van der Waals surface area contributed by atoms with E-state index in [2.05, 4.69) is 27.4 Å². The standard InChI is InChI=1S/C20H20ClN3O/c1-22-12-11-19(15-6-3-2-4-7-15)25-17-9-5-8-16(14-17)18-10-13-23-20(21)24-18/h2-10,13-14,19,22H,11-12H2,1H3. The molecule has 25 heavy (non-hydrogen) atoms. The number of benzene rings is 2. The molecule has 128 valence electrons. The summed E-state index contributed by atoms with van der Waals surface area (Å²) in [7, 11) is 1.95. The molecular weight excluding hydrogens is 334 g/mol. The molecular formula is C20H20ClN3O. The van der Waals surface area contributed by atoms with Gasteiger partial charge in [0.2, 0.25) is 5.28 Å². The first kappa shape index (κ1) is 17.4. The highest BCUT2D eigenvalue weighted by atomic mass is 35.5. The van der Waals surface area contributed by atoms with Crippen LogP contribution in [-0.4, -0.2) is 23.6 Å². The summed E-state index contributed by atoms with van der Waals surface area (Å²) < 4.78 is 6.28. The van der Waals surface area contributed by atoms with E-state index >= 15 is 0 Å². The second-order valence-corrected chi connectivity index (χ2v) is 5.99. The van der Waals surface area contributed by atoms with Crippen molar-refractivity contribution < 1.29 is 4.74 Å². The number of nitrogens with one attached hydrogen (secondary N) is 1. The Morgan fingerprint density at radius 1 is 1.08 bits per heavy atom. The molecule has 0 spiro atoms. The molecule has 0 aliphatic heterocycles. The molecule has 3 aromatic rings. The number of aromatic nitrogens is 2. The molecule has 1 atom stereocenters. The van der Waals surface area contributed by atoms with E-state index in [1.165, 1.54) is 0 Å². The van der Waals surface area contributed by atoms with Crippen molar-refractivity contribution in [1.82, 2.24) is 15.3 Å². The van der Waals surface area contributed by atoms with Crippen LogP contribution in [0.4, 0.5) is 0 Å². The molecule has 1 heterocycles. The predicted octanol–water partition coefficient (Wildman–Crippen LogP) is 4.53. The van der Waals surface area contributed by atoms with E-state index in [0.29, 0.717) is 0 Å². The summed E-state index contributed by atoms with van der Waals surface area (Å²) in [6.45, 7) is 0.876. The minimum Gasteiger partial charge on any atom is -0.486 e. The molecule has 3 rings (SSSR count). The van der Waals surface area contributed by atoms with Crippen LogP contribution in [0.1, 0.15) is 18.1 Å². The van der Waals surface area contributed by atoms with Crippen molar-refractivity contribution in [1.29, 1.82) is 0 Å². The smallest absolute Gasteiger partial charge is 0.222 e. The van der Waals surface area contributed by atoms with Gasteiger partial charge in [-0.2, -0.15) is 0 Å². The highest BCUT2D eigenvalue weighted by Crippen LogP contribution is 2.28. The van der Waals surface area contributed by atoms with Crippen molar-refractivity contribution in [3.8, 4) is 17.0 Å². The van der Waals surface area contributed by atoms with Crippen LogP contribution in [-0.2, 0) is 0 Å². The van der Waals surface area contributed by atoms with E-state index in [-0.39, 0.29) is 11.4 Å².